The maximum Gasteiger partial charge on any atom is 0.299 e. The lowest BCUT2D eigenvalue weighted by Gasteiger charge is -1.99. The average Bonchev–Trinajstić information content (AvgIpc) is 2.72. The highest BCUT2D eigenvalue weighted by molar-refractivity contribution is 5.76. The van der Waals surface area contributed by atoms with E-state index in [4.69, 9.17) is 0 Å². The maximum absolute atomic E-state index is 12.4. The summed E-state index contributed by atoms with van der Waals surface area (Å²) in [6.45, 7) is 0. The molecular formula is C11H9F2N3O. The number of nitrogens with zero attached hydrogens (tertiary/aromatic N) is 3. The molecule has 4 nitrogen and oxygen atoms in total. The third kappa shape index (κ3) is 2.20. The molecule has 1 heterocycles. The van der Waals surface area contributed by atoms with E-state index < -0.39 is 12.2 Å². The van der Waals surface area contributed by atoms with E-state index in [-0.39, 0.29) is 0 Å². The van der Waals surface area contributed by atoms with Crippen LogP contribution in [0.4, 0.5) is 8.78 Å². The van der Waals surface area contributed by atoms with Crippen LogP contribution in [-0.4, -0.2) is 21.1 Å². The van der Waals surface area contributed by atoms with E-state index in [0.717, 1.165) is 0 Å². The summed E-state index contributed by atoms with van der Waals surface area (Å²) >= 11 is 0. The number of hydrogen-bond acceptors (Lipinski definition) is 3. The molecule has 0 saturated carbocycles. The maximum atomic E-state index is 12.4. The summed E-state index contributed by atoms with van der Waals surface area (Å²) in [7, 11) is 1.54. The highest BCUT2D eigenvalue weighted by Crippen LogP contribution is 2.21. The summed E-state index contributed by atoms with van der Waals surface area (Å²) < 4.78 is 26.1. The number of rotatable bonds is 3. The summed E-state index contributed by atoms with van der Waals surface area (Å²) in [5.41, 5.74) is 1.16. The van der Waals surface area contributed by atoms with Crippen molar-refractivity contribution in [2.75, 3.05) is 0 Å². The van der Waals surface area contributed by atoms with Crippen LogP contribution < -0.4 is 0 Å². The van der Waals surface area contributed by atoms with Crippen molar-refractivity contribution in [2.45, 2.75) is 6.43 Å². The van der Waals surface area contributed by atoms with Crippen molar-refractivity contribution in [1.82, 2.24) is 14.8 Å². The summed E-state index contributed by atoms with van der Waals surface area (Å²) in [6, 6.07) is 6.48. The summed E-state index contributed by atoms with van der Waals surface area (Å²) in [4.78, 5) is 14.2. The molecule has 2 rings (SSSR count). The lowest BCUT2D eigenvalue weighted by molar-refractivity contribution is 0.112. The number of carbonyl (C=O) groups excluding carboxylic acids is 1. The Hall–Kier alpha value is -2.11. The second-order valence-electron chi connectivity index (χ2n) is 3.46. The van der Waals surface area contributed by atoms with Gasteiger partial charge in [0.1, 0.15) is 6.29 Å². The van der Waals surface area contributed by atoms with Crippen LogP contribution in [0.25, 0.3) is 11.4 Å². The minimum Gasteiger partial charge on any atom is -0.298 e. The predicted octanol–water partition coefficient (Wildman–Crippen LogP) is 2.23. The second kappa shape index (κ2) is 4.40. The van der Waals surface area contributed by atoms with Gasteiger partial charge in [-0.2, -0.15) is 0 Å². The number of aryl methyl sites for hydroxylation is 1. The molecule has 0 spiro atoms. The van der Waals surface area contributed by atoms with Gasteiger partial charge in [-0.3, -0.25) is 4.79 Å². The lowest BCUT2D eigenvalue weighted by Crippen LogP contribution is -1.95. The van der Waals surface area contributed by atoms with Crippen LogP contribution in [-0.2, 0) is 7.05 Å². The number of hydrogen-bond donors (Lipinski definition) is 0. The first-order valence-electron chi connectivity index (χ1n) is 4.86. The monoisotopic (exact) mass is 237 g/mol. The van der Waals surface area contributed by atoms with E-state index in [0.29, 0.717) is 23.2 Å². The molecule has 0 N–H and O–H groups in total. The van der Waals surface area contributed by atoms with E-state index >= 15 is 0 Å². The van der Waals surface area contributed by atoms with Crippen LogP contribution in [0.15, 0.2) is 24.3 Å². The molecule has 0 saturated heterocycles. The van der Waals surface area contributed by atoms with Crippen molar-refractivity contribution < 1.29 is 13.6 Å². The first-order valence-corrected chi connectivity index (χ1v) is 4.86. The Labute approximate surface area is 95.9 Å². The molecule has 17 heavy (non-hydrogen) atoms. The highest BCUT2D eigenvalue weighted by Gasteiger charge is 2.16. The Morgan fingerprint density at radius 1 is 1.29 bits per heavy atom. The van der Waals surface area contributed by atoms with Gasteiger partial charge in [0.05, 0.1) is 0 Å². The van der Waals surface area contributed by atoms with Gasteiger partial charge in [0.15, 0.2) is 5.82 Å². The number of benzene rings is 1. The zero-order valence-corrected chi connectivity index (χ0v) is 8.97. The van der Waals surface area contributed by atoms with Crippen molar-refractivity contribution in [2.24, 2.45) is 7.05 Å². The standard InChI is InChI=1S/C11H9F2N3O/c1-16-11(14-10(15-16)9(12)13)8-4-2-7(6-17)3-5-8/h2-6,9H,1H3. The third-order valence-electron chi connectivity index (χ3n) is 2.28. The molecule has 1 aromatic heterocycles. The first-order chi connectivity index (χ1) is 8.11. The molecule has 0 aliphatic carbocycles. The van der Waals surface area contributed by atoms with Crippen LogP contribution in [0.1, 0.15) is 22.6 Å². The van der Waals surface area contributed by atoms with Gasteiger partial charge in [0.25, 0.3) is 6.43 Å². The summed E-state index contributed by atoms with van der Waals surface area (Å²) in [6.07, 6.45) is -1.98. The Bertz CT molecular complexity index is 534. The molecular weight excluding hydrogens is 228 g/mol. The van der Waals surface area contributed by atoms with Gasteiger partial charge in [0.2, 0.25) is 5.82 Å². The second-order valence-corrected chi connectivity index (χ2v) is 3.46. The van der Waals surface area contributed by atoms with Crippen LogP contribution in [0.5, 0.6) is 0 Å². The van der Waals surface area contributed by atoms with Gasteiger partial charge in [-0.25, -0.2) is 18.4 Å². The fourth-order valence-corrected chi connectivity index (χ4v) is 1.46. The number of halogens is 2. The molecule has 6 heteroatoms. The topological polar surface area (TPSA) is 47.8 Å². The fraction of sp³-hybridized carbons (Fsp3) is 0.182. The zero-order valence-electron chi connectivity index (χ0n) is 8.97. The molecule has 88 valence electrons. The molecule has 2 aromatic rings. The van der Waals surface area contributed by atoms with Crippen LogP contribution >= 0.6 is 0 Å². The molecule has 0 fully saturated rings. The van der Waals surface area contributed by atoms with E-state index in [9.17, 15) is 13.6 Å². The zero-order chi connectivity index (χ0) is 12.4. The van der Waals surface area contributed by atoms with Gasteiger partial charge < -0.3 is 0 Å². The van der Waals surface area contributed by atoms with Gasteiger partial charge in [-0.05, 0) is 0 Å². The summed E-state index contributed by atoms with van der Waals surface area (Å²) in [5, 5.41) is 3.62. The SMILES string of the molecule is Cn1nc(C(F)F)nc1-c1ccc(C=O)cc1. The largest absolute Gasteiger partial charge is 0.299 e. The van der Waals surface area contributed by atoms with E-state index in [1.165, 1.54) is 4.68 Å². The van der Waals surface area contributed by atoms with Crippen LogP contribution in [0, 0.1) is 0 Å². The van der Waals surface area contributed by atoms with Gasteiger partial charge in [0, 0.05) is 18.2 Å². The summed E-state index contributed by atoms with van der Waals surface area (Å²) in [5.74, 6) is -0.153. The fourth-order valence-electron chi connectivity index (χ4n) is 1.46. The van der Waals surface area contributed by atoms with Crippen molar-refractivity contribution in [3.05, 3.63) is 35.7 Å². The quantitative estimate of drug-likeness (QED) is 0.769. The molecule has 0 aliphatic rings. The number of aromatic nitrogens is 3. The molecule has 0 radical (unpaired) electrons. The number of aldehydes is 1. The first kappa shape index (κ1) is 11.4. The molecule has 0 unspecified atom stereocenters. The minimum absolute atomic E-state index is 0.345. The molecule has 0 atom stereocenters. The van der Waals surface area contributed by atoms with Gasteiger partial charge in [-0.15, -0.1) is 5.10 Å². The average molecular weight is 237 g/mol. The molecule has 0 bridgehead atoms. The Morgan fingerprint density at radius 3 is 2.41 bits per heavy atom. The van der Waals surface area contributed by atoms with Crippen LogP contribution in [0.2, 0.25) is 0 Å². The van der Waals surface area contributed by atoms with Gasteiger partial charge >= 0.3 is 0 Å². The molecule has 1 aromatic carbocycles. The van der Waals surface area contributed by atoms with E-state index in [1.807, 2.05) is 0 Å². The van der Waals surface area contributed by atoms with E-state index in [2.05, 4.69) is 10.1 Å². The highest BCUT2D eigenvalue weighted by atomic mass is 19.3. The normalized spacial score (nSPS) is 10.8. The van der Waals surface area contributed by atoms with Crippen molar-refractivity contribution in [1.29, 1.82) is 0 Å². The minimum atomic E-state index is -2.69. The van der Waals surface area contributed by atoms with Crippen LogP contribution in [0.3, 0.4) is 0 Å². The Kier molecular flexibility index (Phi) is 2.95. The van der Waals surface area contributed by atoms with Crippen molar-refractivity contribution >= 4 is 6.29 Å². The Balaban J connectivity index is 2.41. The number of alkyl halides is 2. The molecule has 0 aliphatic heterocycles. The number of carbonyl (C=O) groups is 1. The van der Waals surface area contributed by atoms with Crippen molar-refractivity contribution in [3.63, 3.8) is 0 Å². The smallest absolute Gasteiger partial charge is 0.298 e. The lowest BCUT2D eigenvalue weighted by atomic mass is 10.1. The molecule has 0 amide bonds. The predicted molar refractivity (Wildman–Crippen MR) is 56.8 cm³/mol. The third-order valence-corrected chi connectivity index (χ3v) is 2.28. The van der Waals surface area contributed by atoms with E-state index in [1.54, 1.807) is 31.3 Å². The Morgan fingerprint density at radius 2 is 1.94 bits per heavy atom. The van der Waals surface area contributed by atoms with Gasteiger partial charge in [-0.1, -0.05) is 24.3 Å². The van der Waals surface area contributed by atoms with Crippen molar-refractivity contribution in [3.8, 4) is 11.4 Å².